The van der Waals surface area contributed by atoms with Crippen molar-refractivity contribution in [1.29, 1.82) is 0 Å². The van der Waals surface area contributed by atoms with Crippen LogP contribution in [0.2, 0.25) is 0 Å². The molecule has 21 heavy (non-hydrogen) atoms. The van der Waals surface area contributed by atoms with E-state index in [1.807, 2.05) is 31.2 Å². The van der Waals surface area contributed by atoms with Gasteiger partial charge in [-0.3, -0.25) is 4.79 Å². The summed E-state index contributed by atoms with van der Waals surface area (Å²) >= 11 is 0. The van der Waals surface area contributed by atoms with Gasteiger partial charge in [0.2, 0.25) is 5.91 Å². The number of carbonyl (C=O) groups is 1. The second-order valence-corrected chi connectivity index (χ2v) is 4.83. The van der Waals surface area contributed by atoms with Crippen molar-refractivity contribution in [3.63, 3.8) is 0 Å². The average molecular weight is 287 g/mol. The summed E-state index contributed by atoms with van der Waals surface area (Å²) in [5, 5.41) is 2.86. The Hall–Kier alpha value is -2.36. The molecule has 0 spiro atoms. The molecule has 2 aromatic rings. The largest absolute Gasteiger partial charge is 0.497 e. The zero-order valence-electron chi connectivity index (χ0n) is 12.1. The summed E-state index contributed by atoms with van der Waals surface area (Å²) in [6.45, 7) is 1.89. The summed E-state index contributed by atoms with van der Waals surface area (Å²) in [6.07, 6.45) is 0.0349. The van der Waals surface area contributed by atoms with Gasteiger partial charge in [-0.25, -0.2) is 4.39 Å². The third kappa shape index (κ3) is 4.05. The van der Waals surface area contributed by atoms with E-state index < -0.39 is 0 Å². The Kier molecular flexibility index (Phi) is 4.93. The van der Waals surface area contributed by atoms with Gasteiger partial charge in [0.15, 0.2) is 0 Å². The van der Waals surface area contributed by atoms with Crippen molar-refractivity contribution in [2.24, 2.45) is 0 Å². The van der Waals surface area contributed by atoms with Gasteiger partial charge in [0.1, 0.15) is 11.6 Å². The number of hydrogen-bond donors (Lipinski definition) is 1. The Balaban J connectivity index is 1.97. The van der Waals surface area contributed by atoms with Crippen LogP contribution in [0.15, 0.2) is 48.5 Å². The van der Waals surface area contributed by atoms with Crippen LogP contribution in [-0.4, -0.2) is 13.0 Å². The van der Waals surface area contributed by atoms with Crippen molar-refractivity contribution >= 4 is 5.91 Å². The van der Waals surface area contributed by atoms with Crippen molar-refractivity contribution in [2.75, 3.05) is 7.11 Å². The number of hydrogen-bond acceptors (Lipinski definition) is 2. The van der Waals surface area contributed by atoms with E-state index in [0.29, 0.717) is 5.56 Å². The van der Waals surface area contributed by atoms with Crippen LogP contribution in [0, 0.1) is 5.82 Å². The molecule has 110 valence electrons. The van der Waals surface area contributed by atoms with Gasteiger partial charge in [0, 0.05) is 0 Å². The van der Waals surface area contributed by atoms with Gasteiger partial charge in [-0.2, -0.15) is 0 Å². The lowest BCUT2D eigenvalue weighted by atomic mass is 10.1. The number of ether oxygens (including phenoxy) is 1. The summed E-state index contributed by atoms with van der Waals surface area (Å²) in [5.74, 6) is 0.205. The van der Waals surface area contributed by atoms with Crippen molar-refractivity contribution in [2.45, 2.75) is 19.4 Å². The zero-order chi connectivity index (χ0) is 15.2. The summed E-state index contributed by atoms with van der Waals surface area (Å²) < 4.78 is 18.6. The molecule has 0 saturated heterocycles. The molecule has 0 aliphatic rings. The Bertz CT molecular complexity index is 610. The van der Waals surface area contributed by atoms with Crippen molar-refractivity contribution < 1.29 is 13.9 Å². The van der Waals surface area contributed by atoms with Crippen LogP contribution < -0.4 is 10.1 Å². The van der Waals surface area contributed by atoms with E-state index in [0.717, 1.165) is 11.3 Å². The molecular formula is C17H18FNO2. The normalized spacial score (nSPS) is 11.8. The number of nitrogens with one attached hydrogen (secondary N) is 1. The van der Waals surface area contributed by atoms with Gasteiger partial charge in [-0.1, -0.05) is 30.3 Å². The van der Waals surface area contributed by atoms with Crippen LogP contribution in [0.5, 0.6) is 5.75 Å². The number of carbonyl (C=O) groups excluding carboxylic acids is 1. The Morgan fingerprint density at radius 3 is 2.48 bits per heavy atom. The molecule has 0 aromatic heterocycles. The monoisotopic (exact) mass is 287 g/mol. The maximum Gasteiger partial charge on any atom is 0.225 e. The van der Waals surface area contributed by atoms with Crippen molar-refractivity contribution in [3.8, 4) is 5.75 Å². The molecule has 2 rings (SSSR count). The molecule has 0 bridgehead atoms. The lowest BCUT2D eigenvalue weighted by Crippen LogP contribution is -2.28. The van der Waals surface area contributed by atoms with E-state index in [9.17, 15) is 9.18 Å². The summed E-state index contributed by atoms with van der Waals surface area (Å²) in [5.41, 5.74) is 1.37. The fourth-order valence-electron chi connectivity index (χ4n) is 2.08. The zero-order valence-corrected chi connectivity index (χ0v) is 12.1. The summed E-state index contributed by atoms with van der Waals surface area (Å²) in [6, 6.07) is 13.6. The molecule has 0 unspecified atom stereocenters. The predicted molar refractivity (Wildman–Crippen MR) is 79.7 cm³/mol. The van der Waals surface area contributed by atoms with Crippen LogP contribution in [-0.2, 0) is 11.2 Å². The van der Waals surface area contributed by atoms with Gasteiger partial charge in [0.25, 0.3) is 0 Å². The first-order chi connectivity index (χ1) is 10.1. The maximum absolute atomic E-state index is 13.5. The molecule has 0 aliphatic heterocycles. The Morgan fingerprint density at radius 1 is 1.19 bits per heavy atom. The van der Waals surface area contributed by atoms with Crippen molar-refractivity contribution in [3.05, 3.63) is 65.5 Å². The van der Waals surface area contributed by atoms with Crippen LogP contribution in [0.3, 0.4) is 0 Å². The molecule has 0 radical (unpaired) electrons. The van der Waals surface area contributed by atoms with Gasteiger partial charge >= 0.3 is 0 Å². The minimum atomic E-state index is -0.357. The fourth-order valence-corrected chi connectivity index (χ4v) is 2.08. The second-order valence-electron chi connectivity index (χ2n) is 4.83. The minimum Gasteiger partial charge on any atom is -0.497 e. The highest BCUT2D eigenvalue weighted by Gasteiger charge is 2.12. The third-order valence-corrected chi connectivity index (χ3v) is 3.30. The van der Waals surface area contributed by atoms with Crippen LogP contribution in [0.25, 0.3) is 0 Å². The molecule has 4 heteroatoms. The molecule has 0 saturated carbocycles. The fraction of sp³-hybridized carbons (Fsp3) is 0.235. The highest BCUT2D eigenvalue weighted by molar-refractivity contribution is 5.79. The molecule has 1 N–H and O–H groups in total. The van der Waals surface area contributed by atoms with E-state index in [2.05, 4.69) is 5.32 Å². The average Bonchev–Trinajstić information content (AvgIpc) is 2.49. The van der Waals surface area contributed by atoms with E-state index in [1.54, 1.807) is 25.3 Å². The number of methoxy groups -OCH3 is 1. The van der Waals surface area contributed by atoms with E-state index in [-0.39, 0.29) is 24.2 Å². The molecular weight excluding hydrogens is 269 g/mol. The molecule has 0 fully saturated rings. The smallest absolute Gasteiger partial charge is 0.225 e. The Labute approximate surface area is 123 Å². The quantitative estimate of drug-likeness (QED) is 0.916. The number of halogens is 1. The number of amides is 1. The van der Waals surface area contributed by atoms with Gasteiger partial charge in [0.05, 0.1) is 19.6 Å². The number of rotatable bonds is 5. The Morgan fingerprint density at radius 2 is 1.86 bits per heavy atom. The first-order valence-corrected chi connectivity index (χ1v) is 6.77. The SMILES string of the molecule is COc1ccc([C@@H](C)NC(=O)Cc2ccccc2F)cc1. The summed E-state index contributed by atoms with van der Waals surface area (Å²) in [7, 11) is 1.61. The van der Waals surface area contributed by atoms with Gasteiger partial charge in [-0.05, 0) is 36.2 Å². The van der Waals surface area contributed by atoms with Gasteiger partial charge < -0.3 is 10.1 Å². The van der Waals surface area contributed by atoms with Crippen LogP contribution in [0.1, 0.15) is 24.1 Å². The second kappa shape index (κ2) is 6.88. The minimum absolute atomic E-state index is 0.0349. The standard InChI is InChI=1S/C17H18FNO2/c1-12(13-7-9-15(21-2)10-8-13)19-17(20)11-14-5-3-4-6-16(14)18/h3-10,12H,11H2,1-2H3,(H,19,20)/t12-/m1/s1. The molecule has 2 aromatic carbocycles. The molecule has 1 amide bonds. The first kappa shape index (κ1) is 15.0. The topological polar surface area (TPSA) is 38.3 Å². The van der Waals surface area contributed by atoms with E-state index in [1.165, 1.54) is 6.07 Å². The predicted octanol–water partition coefficient (Wildman–Crippen LogP) is 3.25. The third-order valence-electron chi connectivity index (χ3n) is 3.30. The van der Waals surface area contributed by atoms with E-state index in [4.69, 9.17) is 4.74 Å². The molecule has 0 heterocycles. The highest BCUT2D eigenvalue weighted by Crippen LogP contribution is 2.17. The van der Waals surface area contributed by atoms with Crippen LogP contribution >= 0.6 is 0 Å². The number of benzene rings is 2. The molecule has 0 aliphatic carbocycles. The summed E-state index contributed by atoms with van der Waals surface area (Å²) in [4.78, 5) is 12.0. The lowest BCUT2D eigenvalue weighted by molar-refractivity contribution is -0.121. The lowest BCUT2D eigenvalue weighted by Gasteiger charge is -2.15. The van der Waals surface area contributed by atoms with Crippen molar-refractivity contribution in [1.82, 2.24) is 5.32 Å². The molecule has 1 atom stereocenters. The van der Waals surface area contributed by atoms with Gasteiger partial charge in [-0.15, -0.1) is 0 Å². The molecule has 3 nitrogen and oxygen atoms in total. The maximum atomic E-state index is 13.5. The van der Waals surface area contributed by atoms with E-state index >= 15 is 0 Å². The highest BCUT2D eigenvalue weighted by atomic mass is 19.1. The first-order valence-electron chi connectivity index (χ1n) is 6.77. The van der Waals surface area contributed by atoms with Crippen LogP contribution in [0.4, 0.5) is 4.39 Å².